The Morgan fingerprint density at radius 1 is 0.619 bits per heavy atom. The van der Waals surface area contributed by atoms with E-state index in [1.54, 1.807) is 72.4 Å². The number of aryl methyl sites for hydroxylation is 5. The van der Waals surface area contributed by atoms with E-state index in [9.17, 15) is 14.7 Å². The fraction of sp³-hybridized carbons (Fsp3) is 0.310. The molecule has 5 rings (SSSR count). The highest BCUT2D eigenvalue weighted by Gasteiger charge is 2.28. The van der Waals surface area contributed by atoms with Crippen LogP contribution in [-0.2, 0) is 54.4 Å². The van der Waals surface area contributed by atoms with Crippen LogP contribution in [0.2, 0.25) is 0 Å². The average Bonchev–Trinajstić information content (AvgIpc) is 3.74. The summed E-state index contributed by atoms with van der Waals surface area (Å²) in [5, 5.41) is 11.5. The molecule has 2 amide bonds. The highest BCUT2D eigenvalue weighted by Crippen LogP contribution is 2.29. The second-order valence-electron chi connectivity index (χ2n) is 10.7. The highest BCUT2D eigenvalue weighted by molar-refractivity contribution is 6.04. The first kappa shape index (κ1) is 28.3. The van der Waals surface area contributed by atoms with Gasteiger partial charge < -0.3 is 33.2 Å². The molecular weight excluding hydrogens is 536 g/mol. The van der Waals surface area contributed by atoms with E-state index in [1.807, 2.05) is 53.0 Å². The Kier molecular flexibility index (Phi) is 7.91. The predicted molar refractivity (Wildman–Crippen MR) is 153 cm³/mol. The fourth-order valence-corrected chi connectivity index (χ4v) is 4.82. The Hall–Kier alpha value is -5.20. The van der Waals surface area contributed by atoms with Crippen molar-refractivity contribution in [1.82, 2.24) is 48.0 Å². The molecule has 1 N–H and O–H groups in total. The van der Waals surface area contributed by atoms with Crippen molar-refractivity contribution in [3.8, 4) is 5.75 Å². The maximum atomic E-state index is 14.0. The molecule has 0 spiro atoms. The molecule has 0 bridgehead atoms. The van der Waals surface area contributed by atoms with Crippen LogP contribution in [0.5, 0.6) is 5.75 Å². The zero-order valence-electron chi connectivity index (χ0n) is 24.3. The summed E-state index contributed by atoms with van der Waals surface area (Å²) in [5.41, 5.74) is 3.45. The standard InChI is InChI=1S/C29H34N10O3/c1-20-6-25(28(41)38(12-21-8-34(2)16-30-21)13-22-9-35(3)17-31-22)27(40)26(7-20)29(42)39(14-23-10-36(4)18-32-23)15-24-11-37(5)19-33-24/h6-11,16-19,40H,12-15H2,1-5H3. The Bertz CT molecular complexity index is 1520. The molecule has 0 atom stereocenters. The third-order valence-electron chi connectivity index (χ3n) is 6.73. The monoisotopic (exact) mass is 570 g/mol. The first-order valence-electron chi connectivity index (χ1n) is 13.3. The molecule has 4 heterocycles. The van der Waals surface area contributed by atoms with E-state index in [0.717, 1.165) is 0 Å². The molecule has 0 aliphatic carbocycles. The maximum absolute atomic E-state index is 14.0. The van der Waals surface area contributed by atoms with Gasteiger partial charge in [-0.25, -0.2) is 19.9 Å². The summed E-state index contributed by atoms with van der Waals surface area (Å²) in [6.07, 6.45) is 14.0. The van der Waals surface area contributed by atoms with E-state index < -0.39 is 11.8 Å². The number of nitrogens with zero attached hydrogens (tertiary/aromatic N) is 10. The van der Waals surface area contributed by atoms with E-state index in [4.69, 9.17) is 0 Å². The lowest BCUT2D eigenvalue weighted by Gasteiger charge is -2.24. The number of rotatable bonds is 10. The number of aromatic nitrogens is 8. The number of phenolic OH excluding ortho intramolecular Hbond substituents is 1. The SMILES string of the molecule is Cc1cc(C(=O)N(Cc2cn(C)cn2)Cc2cn(C)cn2)c(O)c(C(=O)N(Cc2cn(C)cn2)Cc2cn(C)cn2)c1. The molecule has 0 aliphatic heterocycles. The number of benzene rings is 1. The van der Waals surface area contributed by atoms with Gasteiger partial charge in [-0.05, 0) is 24.6 Å². The lowest BCUT2D eigenvalue weighted by molar-refractivity contribution is 0.0717. The number of hydrogen-bond acceptors (Lipinski definition) is 7. The smallest absolute Gasteiger partial charge is 0.258 e. The van der Waals surface area contributed by atoms with Crippen molar-refractivity contribution in [2.75, 3.05) is 0 Å². The Labute approximate surface area is 243 Å². The molecule has 0 saturated carbocycles. The number of imidazole rings is 4. The molecule has 0 unspecified atom stereocenters. The second-order valence-corrected chi connectivity index (χ2v) is 10.7. The normalized spacial score (nSPS) is 11.2. The van der Waals surface area contributed by atoms with Gasteiger partial charge in [0.2, 0.25) is 0 Å². The summed E-state index contributed by atoms with van der Waals surface area (Å²) in [6, 6.07) is 3.19. The lowest BCUT2D eigenvalue weighted by atomic mass is 10.0. The third-order valence-corrected chi connectivity index (χ3v) is 6.73. The van der Waals surface area contributed by atoms with Crippen LogP contribution in [0.15, 0.2) is 62.2 Å². The van der Waals surface area contributed by atoms with Crippen LogP contribution in [0.25, 0.3) is 0 Å². The Balaban J connectivity index is 1.49. The number of amides is 2. The van der Waals surface area contributed by atoms with Gasteiger partial charge in [0.15, 0.2) is 0 Å². The fourth-order valence-electron chi connectivity index (χ4n) is 4.82. The zero-order valence-corrected chi connectivity index (χ0v) is 24.3. The largest absolute Gasteiger partial charge is 0.506 e. The van der Waals surface area contributed by atoms with Crippen molar-refractivity contribution in [3.05, 3.63) is 102 Å². The van der Waals surface area contributed by atoms with Gasteiger partial charge in [0.25, 0.3) is 11.8 Å². The molecule has 0 saturated heterocycles. The van der Waals surface area contributed by atoms with E-state index in [-0.39, 0.29) is 43.1 Å². The number of hydrogen-bond donors (Lipinski definition) is 1. The van der Waals surface area contributed by atoms with Crippen molar-refractivity contribution >= 4 is 11.8 Å². The molecule has 13 nitrogen and oxygen atoms in total. The van der Waals surface area contributed by atoms with E-state index in [0.29, 0.717) is 28.3 Å². The number of aromatic hydroxyl groups is 1. The van der Waals surface area contributed by atoms with Crippen molar-refractivity contribution in [2.45, 2.75) is 33.1 Å². The van der Waals surface area contributed by atoms with Crippen LogP contribution in [0.1, 0.15) is 49.1 Å². The van der Waals surface area contributed by atoms with E-state index in [1.165, 1.54) is 0 Å². The van der Waals surface area contributed by atoms with Crippen molar-refractivity contribution in [1.29, 1.82) is 0 Å². The maximum Gasteiger partial charge on any atom is 0.258 e. The summed E-state index contributed by atoms with van der Waals surface area (Å²) in [6.45, 7) is 2.56. The van der Waals surface area contributed by atoms with Gasteiger partial charge in [0, 0.05) is 53.0 Å². The van der Waals surface area contributed by atoms with Gasteiger partial charge in [-0.15, -0.1) is 0 Å². The van der Waals surface area contributed by atoms with Crippen LogP contribution < -0.4 is 0 Å². The van der Waals surface area contributed by atoms with Crippen LogP contribution in [0.3, 0.4) is 0 Å². The van der Waals surface area contributed by atoms with Gasteiger partial charge in [-0.1, -0.05) is 0 Å². The van der Waals surface area contributed by atoms with Crippen molar-refractivity contribution in [3.63, 3.8) is 0 Å². The molecular formula is C29H34N10O3. The molecule has 1 aromatic carbocycles. The van der Waals surface area contributed by atoms with Crippen LogP contribution >= 0.6 is 0 Å². The summed E-state index contributed by atoms with van der Waals surface area (Å²) in [7, 11) is 7.42. The topological polar surface area (TPSA) is 132 Å². The van der Waals surface area contributed by atoms with Crippen molar-refractivity contribution in [2.24, 2.45) is 28.2 Å². The first-order chi connectivity index (χ1) is 20.0. The number of carbonyl (C=O) groups is 2. The average molecular weight is 571 g/mol. The van der Waals surface area contributed by atoms with Crippen molar-refractivity contribution < 1.29 is 14.7 Å². The predicted octanol–water partition coefficient (Wildman–Crippen LogP) is 2.32. The number of carbonyl (C=O) groups excluding carboxylic acids is 2. The summed E-state index contributed by atoms with van der Waals surface area (Å²) in [5.74, 6) is -1.26. The van der Waals surface area contributed by atoms with Gasteiger partial charge in [0.05, 0.1) is 85.4 Å². The minimum Gasteiger partial charge on any atom is -0.506 e. The Morgan fingerprint density at radius 3 is 1.14 bits per heavy atom. The third kappa shape index (κ3) is 6.40. The van der Waals surface area contributed by atoms with E-state index >= 15 is 0 Å². The summed E-state index contributed by atoms with van der Waals surface area (Å²) < 4.78 is 7.21. The zero-order chi connectivity index (χ0) is 30.0. The lowest BCUT2D eigenvalue weighted by Crippen LogP contribution is -2.32. The summed E-state index contributed by atoms with van der Waals surface area (Å²) in [4.78, 5) is 48.7. The Morgan fingerprint density at radius 2 is 0.905 bits per heavy atom. The highest BCUT2D eigenvalue weighted by atomic mass is 16.3. The molecule has 4 aromatic heterocycles. The van der Waals surface area contributed by atoms with Gasteiger partial charge >= 0.3 is 0 Å². The second kappa shape index (κ2) is 11.7. The first-order valence-corrected chi connectivity index (χ1v) is 13.3. The van der Waals surface area contributed by atoms with Gasteiger partial charge in [0.1, 0.15) is 5.75 Å². The van der Waals surface area contributed by atoms with Crippen LogP contribution in [0.4, 0.5) is 0 Å². The molecule has 42 heavy (non-hydrogen) atoms. The van der Waals surface area contributed by atoms with Gasteiger partial charge in [-0.3, -0.25) is 9.59 Å². The van der Waals surface area contributed by atoms with Crippen LogP contribution in [0, 0.1) is 6.92 Å². The molecule has 5 aromatic rings. The van der Waals surface area contributed by atoms with E-state index in [2.05, 4.69) is 19.9 Å². The molecule has 0 radical (unpaired) electrons. The molecule has 218 valence electrons. The molecule has 0 fully saturated rings. The minimum absolute atomic E-state index is 0.0286. The van der Waals surface area contributed by atoms with Gasteiger partial charge in [-0.2, -0.15) is 0 Å². The minimum atomic E-state index is -0.442. The quantitative estimate of drug-likeness (QED) is 0.273. The molecule has 13 heteroatoms. The summed E-state index contributed by atoms with van der Waals surface area (Å²) >= 11 is 0. The number of phenols is 1. The van der Waals surface area contributed by atoms with Crippen LogP contribution in [-0.4, -0.2) is 64.9 Å². The molecule has 0 aliphatic rings.